The van der Waals surface area contributed by atoms with Crippen LogP contribution < -0.4 is 5.32 Å². The summed E-state index contributed by atoms with van der Waals surface area (Å²) in [7, 11) is 0. The highest BCUT2D eigenvalue weighted by Crippen LogP contribution is 2.40. The Morgan fingerprint density at radius 1 is 0.755 bits per heavy atom. The van der Waals surface area contributed by atoms with Gasteiger partial charge in [-0.05, 0) is 42.6 Å². The quantitative estimate of drug-likeness (QED) is 0.182. The Kier molecular flexibility index (Phi) is 14.3. The lowest BCUT2D eigenvalue weighted by Crippen LogP contribution is -2.67. The zero-order chi connectivity index (χ0) is 37.2. The van der Waals surface area contributed by atoms with E-state index >= 15 is 0 Å². The molecule has 2 N–H and O–H groups in total. The highest BCUT2D eigenvalue weighted by molar-refractivity contribution is 7.94. The lowest BCUT2D eigenvalue weighted by molar-refractivity contribution is -0.338. The van der Waals surface area contributed by atoms with E-state index in [4.69, 9.17) is 42.1 Å². The first-order valence-electron chi connectivity index (χ1n) is 18.1. The molecule has 0 radical (unpaired) electrons. The Morgan fingerprint density at radius 2 is 1.28 bits per heavy atom. The molecule has 0 unspecified atom stereocenters. The second kappa shape index (κ2) is 19.1. The van der Waals surface area contributed by atoms with Crippen LogP contribution in [0.3, 0.4) is 0 Å². The van der Waals surface area contributed by atoms with E-state index in [1.165, 1.54) is 19.0 Å². The molecule has 3 aromatic carbocycles. The van der Waals surface area contributed by atoms with E-state index in [2.05, 4.69) is 5.32 Å². The number of hydrogen-bond acceptors (Lipinski definition) is 12. The fourth-order valence-electron chi connectivity index (χ4n) is 6.75. The monoisotopic (exact) mass is 753 g/mol. The second-order valence-corrected chi connectivity index (χ2v) is 14.7. The van der Waals surface area contributed by atoms with Gasteiger partial charge in [-0.25, -0.2) is 0 Å². The number of benzene rings is 3. The SMILES string of the molecule is CCSO[C@@H]1O[C@H](COCc2ccccc2)[C@H](O[C@@H]2O[C@H](COCc3ccccc3)[C@@H]3OC(C)(C)O[C@@H]3[C@H]2NC(C)=O)[C@H](O)[C@H]1OCc1ccccc1. The highest BCUT2D eigenvalue weighted by Gasteiger charge is 2.58. The molecule has 3 aromatic rings. The van der Waals surface area contributed by atoms with Crippen LogP contribution in [0.2, 0.25) is 0 Å². The number of carbonyl (C=O) groups excluding carboxylic acids is 1. The Labute approximate surface area is 315 Å². The molecule has 3 saturated heterocycles. The zero-order valence-electron chi connectivity index (χ0n) is 30.6. The summed E-state index contributed by atoms with van der Waals surface area (Å²) in [4.78, 5) is 12.7. The summed E-state index contributed by atoms with van der Waals surface area (Å²) in [5, 5.41) is 15.1. The molecule has 12 nitrogen and oxygen atoms in total. The Bertz CT molecular complexity index is 1540. The minimum absolute atomic E-state index is 0.0541. The van der Waals surface area contributed by atoms with E-state index in [1.807, 2.05) is 112 Å². The predicted molar refractivity (Wildman–Crippen MR) is 196 cm³/mol. The van der Waals surface area contributed by atoms with E-state index in [1.54, 1.807) is 0 Å². The number of aliphatic hydroxyl groups excluding tert-OH is 1. The second-order valence-electron chi connectivity index (χ2n) is 13.7. The first kappa shape index (κ1) is 39.8. The summed E-state index contributed by atoms with van der Waals surface area (Å²) in [6.45, 7) is 8.09. The summed E-state index contributed by atoms with van der Waals surface area (Å²) in [6, 6.07) is 28.4. The average Bonchev–Trinajstić information content (AvgIpc) is 3.49. The van der Waals surface area contributed by atoms with Crippen LogP contribution in [0.15, 0.2) is 91.0 Å². The Hall–Kier alpha value is -2.92. The molecule has 0 spiro atoms. The van der Waals surface area contributed by atoms with E-state index in [0.717, 1.165) is 16.7 Å². The van der Waals surface area contributed by atoms with Crippen LogP contribution in [-0.4, -0.2) is 97.1 Å². The molecule has 0 saturated carbocycles. The lowest BCUT2D eigenvalue weighted by Gasteiger charge is -2.47. The summed E-state index contributed by atoms with van der Waals surface area (Å²) in [6.07, 6.45) is -8.01. The first-order valence-corrected chi connectivity index (χ1v) is 19.1. The van der Waals surface area contributed by atoms with Gasteiger partial charge in [0.25, 0.3) is 0 Å². The molecule has 1 amide bonds. The van der Waals surface area contributed by atoms with Gasteiger partial charge in [-0.1, -0.05) is 97.9 Å². The van der Waals surface area contributed by atoms with Gasteiger partial charge in [-0.15, -0.1) is 0 Å². The van der Waals surface area contributed by atoms with Gasteiger partial charge in [-0.3, -0.25) is 8.98 Å². The Morgan fingerprint density at radius 3 is 1.85 bits per heavy atom. The van der Waals surface area contributed by atoms with Crippen LogP contribution in [0.4, 0.5) is 0 Å². The minimum Gasteiger partial charge on any atom is -0.387 e. The number of rotatable bonds is 17. The van der Waals surface area contributed by atoms with Gasteiger partial charge in [0.1, 0.15) is 48.8 Å². The van der Waals surface area contributed by atoms with Crippen molar-refractivity contribution in [3.63, 3.8) is 0 Å². The lowest BCUT2D eigenvalue weighted by atomic mass is 9.95. The number of carbonyl (C=O) groups is 1. The van der Waals surface area contributed by atoms with Crippen LogP contribution in [0.25, 0.3) is 0 Å². The molecule has 53 heavy (non-hydrogen) atoms. The normalized spacial score (nSPS) is 30.8. The third kappa shape index (κ3) is 10.9. The highest BCUT2D eigenvalue weighted by atomic mass is 32.2. The maximum Gasteiger partial charge on any atom is 0.217 e. The molecule has 3 aliphatic rings. The van der Waals surface area contributed by atoms with Crippen LogP contribution in [0, 0.1) is 0 Å². The van der Waals surface area contributed by atoms with Crippen molar-refractivity contribution in [2.24, 2.45) is 0 Å². The number of fused-ring (bicyclic) bond motifs is 1. The molecule has 0 aliphatic carbocycles. The van der Waals surface area contributed by atoms with Crippen molar-refractivity contribution in [1.29, 1.82) is 0 Å². The fourth-order valence-corrected chi connectivity index (χ4v) is 7.18. The van der Waals surface area contributed by atoms with Crippen LogP contribution in [0.1, 0.15) is 44.4 Å². The summed E-state index contributed by atoms with van der Waals surface area (Å²) in [5.41, 5.74) is 2.90. The van der Waals surface area contributed by atoms with E-state index in [0.29, 0.717) is 19.0 Å². The van der Waals surface area contributed by atoms with Gasteiger partial charge in [0.2, 0.25) is 5.91 Å². The molecule has 3 fully saturated rings. The standard InChI is InChI=1S/C40H51NO11S/c1-5-53-52-39-37(46-23-29-19-13-8-14-20-29)33(43)34(30(48-39)24-44-21-27-15-9-6-10-16-27)49-38-32(41-26(2)42)36-35(50-40(3,4)51-36)31(47-38)25-45-22-28-17-11-7-12-18-28/h6-20,30-39,43H,5,21-25H2,1-4H3,(H,41,42)/t30-,31-,32-,33+,34+,35+,36-,37-,38+,39+/m1/s1. The van der Waals surface area contributed by atoms with Gasteiger partial charge in [0, 0.05) is 12.7 Å². The molecule has 288 valence electrons. The van der Waals surface area contributed by atoms with Crippen molar-refractivity contribution >= 4 is 17.9 Å². The number of hydrogen-bond donors (Lipinski definition) is 2. The zero-order valence-corrected chi connectivity index (χ0v) is 31.4. The fraction of sp³-hybridized carbons (Fsp3) is 0.525. The van der Waals surface area contributed by atoms with Gasteiger partial charge in [0.15, 0.2) is 18.4 Å². The molecule has 0 aromatic heterocycles. The molecule has 0 bridgehead atoms. The number of amides is 1. The average molecular weight is 754 g/mol. The van der Waals surface area contributed by atoms with E-state index in [9.17, 15) is 9.90 Å². The largest absolute Gasteiger partial charge is 0.387 e. The molecular weight excluding hydrogens is 703 g/mol. The summed E-state index contributed by atoms with van der Waals surface area (Å²) in [5.74, 6) is -0.629. The van der Waals surface area contributed by atoms with Crippen LogP contribution in [0.5, 0.6) is 0 Å². The van der Waals surface area contributed by atoms with Gasteiger partial charge in [-0.2, -0.15) is 0 Å². The van der Waals surface area contributed by atoms with Crippen LogP contribution >= 0.6 is 12.0 Å². The third-order valence-electron chi connectivity index (χ3n) is 9.12. The smallest absolute Gasteiger partial charge is 0.217 e. The molecule has 13 heteroatoms. The van der Waals surface area contributed by atoms with Crippen molar-refractivity contribution < 1.29 is 52.0 Å². The Balaban J connectivity index is 1.26. The van der Waals surface area contributed by atoms with Gasteiger partial charge in [0.05, 0.1) is 33.0 Å². The summed E-state index contributed by atoms with van der Waals surface area (Å²) >= 11 is 1.21. The number of nitrogens with one attached hydrogen (secondary N) is 1. The van der Waals surface area contributed by atoms with Gasteiger partial charge < -0.3 is 48.3 Å². The molecular formula is C40H51NO11S. The topological polar surface area (TPSA) is 132 Å². The van der Waals surface area contributed by atoms with Crippen molar-refractivity contribution in [3.8, 4) is 0 Å². The van der Waals surface area contributed by atoms with Crippen LogP contribution in [-0.2, 0) is 66.7 Å². The van der Waals surface area contributed by atoms with Crippen molar-refractivity contribution in [2.45, 2.75) is 115 Å². The summed E-state index contributed by atoms with van der Waals surface area (Å²) < 4.78 is 57.3. The molecule has 10 atom stereocenters. The molecule has 6 rings (SSSR count). The maximum absolute atomic E-state index is 12.7. The number of aliphatic hydroxyl groups is 1. The maximum atomic E-state index is 12.7. The van der Waals surface area contributed by atoms with Crippen molar-refractivity contribution in [2.75, 3.05) is 19.0 Å². The molecule has 3 aliphatic heterocycles. The third-order valence-corrected chi connectivity index (χ3v) is 9.68. The van der Waals surface area contributed by atoms with E-state index < -0.39 is 67.1 Å². The first-order chi connectivity index (χ1) is 25.7. The molecule has 3 heterocycles. The minimum atomic E-state index is -1.26. The van der Waals surface area contributed by atoms with E-state index in [-0.39, 0.29) is 25.7 Å². The predicted octanol–water partition coefficient (Wildman–Crippen LogP) is 4.91. The van der Waals surface area contributed by atoms with Crippen molar-refractivity contribution in [1.82, 2.24) is 5.32 Å². The number of ether oxygens (including phenoxy) is 8. The van der Waals surface area contributed by atoms with Gasteiger partial charge >= 0.3 is 0 Å². The van der Waals surface area contributed by atoms with Crippen molar-refractivity contribution in [3.05, 3.63) is 108 Å².